The maximum Gasteiger partial charge on any atom is 0.257 e. The van der Waals surface area contributed by atoms with Gasteiger partial charge in [-0.05, 0) is 81.1 Å². The number of amides is 2. The Morgan fingerprint density at radius 2 is 1.21 bits per heavy atom. The van der Waals surface area contributed by atoms with Crippen LogP contribution < -0.4 is 23.7 Å². The van der Waals surface area contributed by atoms with E-state index >= 15 is 0 Å². The Hall–Kier alpha value is -5.62. The lowest BCUT2D eigenvalue weighted by molar-refractivity contribution is 0.0769. The number of aliphatic imine (C=N–C) groups is 2. The van der Waals surface area contributed by atoms with Crippen molar-refractivity contribution < 1.29 is 33.3 Å². The van der Waals surface area contributed by atoms with E-state index in [2.05, 4.69) is 37.9 Å². The molecule has 3 aromatic rings. The molecular formula is C45H53N5O7. The molecular weight excluding hydrogens is 723 g/mol. The monoisotopic (exact) mass is 775 g/mol. The van der Waals surface area contributed by atoms with Gasteiger partial charge in [0.1, 0.15) is 25.6 Å². The normalized spacial score (nSPS) is 19.8. The first-order chi connectivity index (χ1) is 27.6. The Bertz CT molecular complexity index is 2000. The number of likely N-dealkylation sites (N-methyl/N-ethyl adjacent to an activating group) is 1. The molecule has 12 nitrogen and oxygen atoms in total. The number of fused-ring (bicyclic) bond motifs is 4. The number of ether oxygens (including phenoxy) is 5. The molecule has 0 aromatic heterocycles. The van der Waals surface area contributed by atoms with Crippen LogP contribution in [0.15, 0.2) is 75.7 Å². The van der Waals surface area contributed by atoms with Crippen molar-refractivity contribution in [1.29, 1.82) is 0 Å². The molecule has 2 amide bonds. The molecule has 3 aromatic carbocycles. The quantitative estimate of drug-likeness (QED) is 0.154. The van der Waals surface area contributed by atoms with Gasteiger partial charge in [0, 0.05) is 50.7 Å². The smallest absolute Gasteiger partial charge is 0.257 e. The van der Waals surface area contributed by atoms with E-state index in [0.29, 0.717) is 76.9 Å². The molecule has 12 heteroatoms. The molecule has 0 spiro atoms. The highest BCUT2D eigenvalue weighted by Gasteiger charge is 2.36. The molecule has 0 radical (unpaired) electrons. The summed E-state index contributed by atoms with van der Waals surface area (Å²) in [5.74, 6) is 2.93. The Labute approximate surface area is 335 Å². The van der Waals surface area contributed by atoms with Gasteiger partial charge in [-0.25, -0.2) is 0 Å². The third-order valence-electron chi connectivity index (χ3n) is 10.9. The Morgan fingerprint density at radius 1 is 0.719 bits per heavy atom. The molecule has 57 heavy (non-hydrogen) atoms. The molecule has 0 bridgehead atoms. The van der Waals surface area contributed by atoms with Crippen LogP contribution in [0.1, 0.15) is 72.4 Å². The molecule has 4 aliphatic heterocycles. The lowest BCUT2D eigenvalue weighted by atomic mass is 10.1. The highest BCUT2D eigenvalue weighted by atomic mass is 16.5. The Morgan fingerprint density at radius 3 is 1.65 bits per heavy atom. The van der Waals surface area contributed by atoms with E-state index in [0.717, 1.165) is 37.1 Å². The fraction of sp³-hybridized carbons (Fsp3) is 0.422. The minimum atomic E-state index is -0.0783. The molecule has 4 heterocycles. The van der Waals surface area contributed by atoms with Crippen LogP contribution in [-0.4, -0.2) is 105 Å². The molecule has 0 saturated carbocycles. The summed E-state index contributed by atoms with van der Waals surface area (Å²) >= 11 is 0. The van der Waals surface area contributed by atoms with Crippen LogP contribution in [0.3, 0.4) is 0 Å². The third-order valence-corrected chi connectivity index (χ3v) is 10.9. The minimum Gasteiger partial charge on any atom is -0.493 e. The molecule has 300 valence electrons. The van der Waals surface area contributed by atoms with Crippen molar-refractivity contribution in [2.75, 3.05) is 54.1 Å². The van der Waals surface area contributed by atoms with Crippen LogP contribution in [-0.2, 0) is 13.2 Å². The number of hydrogen-bond acceptors (Lipinski definition) is 10. The Kier molecular flexibility index (Phi) is 12.0. The predicted molar refractivity (Wildman–Crippen MR) is 222 cm³/mol. The lowest BCUT2D eigenvalue weighted by Crippen LogP contribution is -2.35. The van der Waals surface area contributed by atoms with E-state index in [1.807, 2.05) is 54.3 Å². The van der Waals surface area contributed by atoms with Crippen LogP contribution in [0.25, 0.3) is 0 Å². The number of hydrogen-bond donors (Lipinski definition) is 0. The summed E-state index contributed by atoms with van der Waals surface area (Å²) in [4.78, 5) is 42.7. The number of methoxy groups -OCH3 is 2. The number of carbonyl (C=O) groups is 2. The van der Waals surface area contributed by atoms with Crippen LogP contribution in [0, 0.1) is 5.92 Å². The number of nitrogens with zero attached hydrogens (tertiary/aromatic N) is 5. The van der Waals surface area contributed by atoms with Crippen molar-refractivity contribution in [2.24, 2.45) is 15.9 Å². The topological polar surface area (TPSA) is 115 Å². The molecule has 2 atom stereocenters. The molecule has 7 rings (SSSR count). The summed E-state index contributed by atoms with van der Waals surface area (Å²) in [6.07, 6.45) is 9.42. The SMILES string of the molecule is CC=C1CC2C=Nc3cc(OCc4cc(COc5cc6c(cc5OC)C(=O)N5CC(=CC)CC5C=N6)cc(OCCN(C)CC(C)C)c4)c(OC)cc3C(=O)N2C1. The predicted octanol–water partition coefficient (Wildman–Crippen LogP) is 7.58. The largest absolute Gasteiger partial charge is 0.493 e. The summed E-state index contributed by atoms with van der Waals surface area (Å²) in [5.41, 5.74) is 6.21. The van der Waals surface area contributed by atoms with Crippen molar-refractivity contribution in [1.82, 2.24) is 14.7 Å². The van der Waals surface area contributed by atoms with Gasteiger partial charge in [-0.3, -0.25) is 19.6 Å². The molecule has 0 aliphatic carbocycles. The zero-order valence-corrected chi connectivity index (χ0v) is 34.0. The zero-order chi connectivity index (χ0) is 40.2. The van der Waals surface area contributed by atoms with Gasteiger partial charge in [0.15, 0.2) is 23.0 Å². The van der Waals surface area contributed by atoms with Gasteiger partial charge < -0.3 is 38.4 Å². The van der Waals surface area contributed by atoms with Crippen molar-refractivity contribution >= 4 is 35.6 Å². The average molecular weight is 776 g/mol. The van der Waals surface area contributed by atoms with Gasteiger partial charge in [-0.2, -0.15) is 0 Å². The van der Waals surface area contributed by atoms with Gasteiger partial charge >= 0.3 is 0 Å². The van der Waals surface area contributed by atoms with Crippen molar-refractivity contribution in [3.05, 3.63) is 88.0 Å². The fourth-order valence-electron chi connectivity index (χ4n) is 7.86. The number of allylic oxidation sites excluding steroid dienone is 2. The summed E-state index contributed by atoms with van der Waals surface area (Å²) in [6.45, 7) is 12.2. The minimum absolute atomic E-state index is 0.0735. The standard InChI is InChI=1S/C45H53N5O7/c1-8-29-13-33-21-46-38-19-42(40(53-6)17-36(38)44(51)49(33)24-29)56-26-31-12-32(16-35(15-31)55-11-10-48(5)23-28(3)4)27-57-43-20-39-37(18-41(43)54-7)45(52)50-25-30(9-2)14-34(50)22-47-39/h8-9,12,15-22,28,33-34H,10-11,13-14,23-27H2,1-7H3. The highest BCUT2D eigenvalue weighted by molar-refractivity contribution is 6.04. The van der Waals surface area contributed by atoms with E-state index in [9.17, 15) is 9.59 Å². The van der Waals surface area contributed by atoms with Crippen LogP contribution in [0.2, 0.25) is 0 Å². The lowest BCUT2D eigenvalue weighted by Gasteiger charge is -2.21. The molecule has 4 aliphatic rings. The number of rotatable bonds is 14. The number of carbonyl (C=O) groups excluding carboxylic acids is 2. The number of benzene rings is 3. The third kappa shape index (κ3) is 8.71. The second kappa shape index (κ2) is 17.3. The average Bonchev–Trinajstić information content (AvgIpc) is 3.77. The van der Waals surface area contributed by atoms with E-state index in [1.54, 1.807) is 38.5 Å². The van der Waals surface area contributed by atoms with Crippen LogP contribution >= 0.6 is 0 Å². The van der Waals surface area contributed by atoms with Crippen molar-refractivity contribution in [3.8, 4) is 28.7 Å². The van der Waals surface area contributed by atoms with E-state index in [-0.39, 0.29) is 37.1 Å². The van der Waals surface area contributed by atoms with E-state index in [1.165, 1.54) is 11.1 Å². The second-order valence-corrected chi connectivity index (χ2v) is 15.5. The first-order valence-corrected chi connectivity index (χ1v) is 19.7. The zero-order valence-electron chi connectivity index (χ0n) is 34.0. The molecule has 2 saturated heterocycles. The second-order valence-electron chi connectivity index (χ2n) is 15.5. The summed E-state index contributed by atoms with van der Waals surface area (Å²) in [7, 11) is 5.23. The van der Waals surface area contributed by atoms with E-state index in [4.69, 9.17) is 33.7 Å². The van der Waals surface area contributed by atoms with Gasteiger partial charge in [-0.15, -0.1) is 0 Å². The highest BCUT2D eigenvalue weighted by Crippen LogP contribution is 2.41. The Balaban J connectivity index is 1.12. The molecule has 2 unspecified atom stereocenters. The summed E-state index contributed by atoms with van der Waals surface area (Å²) < 4.78 is 30.6. The molecule has 0 N–H and O–H groups in total. The first kappa shape index (κ1) is 39.6. The van der Waals surface area contributed by atoms with Gasteiger partial charge in [0.2, 0.25) is 0 Å². The molecule has 2 fully saturated rings. The van der Waals surface area contributed by atoms with Gasteiger partial charge in [0.05, 0.1) is 48.8 Å². The van der Waals surface area contributed by atoms with E-state index < -0.39 is 0 Å². The van der Waals surface area contributed by atoms with Gasteiger partial charge in [-0.1, -0.05) is 37.1 Å². The van der Waals surface area contributed by atoms with Crippen LogP contribution in [0.4, 0.5) is 11.4 Å². The summed E-state index contributed by atoms with van der Waals surface area (Å²) in [6, 6.07) is 12.8. The van der Waals surface area contributed by atoms with Crippen molar-refractivity contribution in [2.45, 2.75) is 65.8 Å². The fourth-order valence-corrected chi connectivity index (χ4v) is 7.86. The van der Waals surface area contributed by atoms with Gasteiger partial charge in [0.25, 0.3) is 11.8 Å². The summed E-state index contributed by atoms with van der Waals surface area (Å²) in [5, 5.41) is 0. The maximum absolute atomic E-state index is 13.6. The first-order valence-electron chi connectivity index (χ1n) is 19.7. The maximum atomic E-state index is 13.6. The van der Waals surface area contributed by atoms with Crippen molar-refractivity contribution in [3.63, 3.8) is 0 Å². The van der Waals surface area contributed by atoms with Crippen LogP contribution in [0.5, 0.6) is 28.7 Å².